The average molecular weight is 326 g/mol. The number of amides is 3. The molecule has 8 heteroatoms. The van der Waals surface area contributed by atoms with Gasteiger partial charge in [0, 0.05) is 5.39 Å². The Morgan fingerprint density at radius 1 is 1.29 bits per heavy atom. The normalized spacial score (nSPS) is 20.8. The lowest BCUT2D eigenvalue weighted by Crippen LogP contribution is -2.40. The molecule has 1 aromatic carbocycles. The topological polar surface area (TPSA) is 101 Å². The minimum atomic E-state index is -1.27. The van der Waals surface area contributed by atoms with Crippen LogP contribution in [0.1, 0.15) is 24.4 Å². The minimum absolute atomic E-state index is 0.0820. The molecule has 1 saturated heterocycles. The number of fused-ring (bicyclic) bond motifs is 1. The molecule has 1 aliphatic heterocycles. The number of aromatic nitrogens is 2. The molecular formula is C16H14N4O4. The van der Waals surface area contributed by atoms with Gasteiger partial charge in [-0.2, -0.15) is 4.98 Å². The fourth-order valence-corrected chi connectivity index (χ4v) is 2.78. The van der Waals surface area contributed by atoms with Crippen molar-refractivity contribution in [1.82, 2.24) is 20.4 Å². The molecular weight excluding hydrogens is 312 g/mol. The molecule has 3 heterocycles. The SMILES string of the molecule is Cc1noc(CN2C(=O)NC(C)(c3cc4ccccc4o3)C2=O)n1. The van der Waals surface area contributed by atoms with Crippen LogP contribution in [0.25, 0.3) is 11.0 Å². The van der Waals surface area contributed by atoms with E-state index in [4.69, 9.17) is 8.94 Å². The Bertz CT molecular complexity index is 927. The average Bonchev–Trinajstić information content (AvgIpc) is 3.22. The maximum Gasteiger partial charge on any atom is 0.325 e. The van der Waals surface area contributed by atoms with Gasteiger partial charge in [-0.3, -0.25) is 9.69 Å². The Morgan fingerprint density at radius 2 is 2.08 bits per heavy atom. The number of benzene rings is 1. The summed E-state index contributed by atoms with van der Waals surface area (Å²) in [4.78, 5) is 30.1. The molecule has 1 N–H and O–H groups in total. The van der Waals surface area contributed by atoms with E-state index in [-0.39, 0.29) is 12.4 Å². The molecule has 1 atom stereocenters. The Labute approximate surface area is 136 Å². The van der Waals surface area contributed by atoms with Crippen molar-refractivity contribution in [2.24, 2.45) is 0 Å². The van der Waals surface area contributed by atoms with Gasteiger partial charge in [0.15, 0.2) is 11.4 Å². The first-order chi connectivity index (χ1) is 11.5. The van der Waals surface area contributed by atoms with E-state index in [1.165, 1.54) is 0 Å². The standard InChI is InChI=1S/C16H14N4O4/c1-9-17-13(24-19-9)8-20-14(21)16(2,18-15(20)22)12-7-10-5-3-4-6-11(10)23-12/h3-7H,8H2,1-2H3,(H,18,22). The molecule has 1 aliphatic rings. The van der Waals surface area contributed by atoms with Crippen LogP contribution < -0.4 is 5.32 Å². The maximum absolute atomic E-state index is 12.8. The number of para-hydroxylation sites is 1. The molecule has 0 radical (unpaired) electrons. The molecule has 2 aromatic heterocycles. The number of imide groups is 1. The summed E-state index contributed by atoms with van der Waals surface area (Å²) in [5, 5.41) is 7.21. The van der Waals surface area contributed by atoms with Crippen molar-refractivity contribution in [3.63, 3.8) is 0 Å². The van der Waals surface area contributed by atoms with Gasteiger partial charge in [0.05, 0.1) is 0 Å². The second kappa shape index (κ2) is 4.92. The number of nitrogens with one attached hydrogen (secondary N) is 1. The van der Waals surface area contributed by atoms with E-state index in [2.05, 4.69) is 15.5 Å². The molecule has 4 rings (SSSR count). The van der Waals surface area contributed by atoms with Crippen molar-refractivity contribution in [2.75, 3.05) is 0 Å². The number of rotatable bonds is 3. The van der Waals surface area contributed by atoms with E-state index in [0.717, 1.165) is 10.3 Å². The molecule has 0 saturated carbocycles. The summed E-state index contributed by atoms with van der Waals surface area (Å²) in [6.07, 6.45) is 0. The van der Waals surface area contributed by atoms with E-state index < -0.39 is 17.5 Å². The van der Waals surface area contributed by atoms with E-state index >= 15 is 0 Å². The van der Waals surface area contributed by atoms with Gasteiger partial charge < -0.3 is 14.3 Å². The summed E-state index contributed by atoms with van der Waals surface area (Å²) >= 11 is 0. The Kier molecular flexibility index (Phi) is 2.96. The molecule has 24 heavy (non-hydrogen) atoms. The Balaban J connectivity index is 1.68. The second-order valence-electron chi connectivity index (χ2n) is 5.83. The summed E-state index contributed by atoms with van der Waals surface area (Å²) in [5.74, 6) is 0.593. The summed E-state index contributed by atoms with van der Waals surface area (Å²) in [6, 6.07) is 8.64. The van der Waals surface area contributed by atoms with Crippen LogP contribution in [0.2, 0.25) is 0 Å². The smallest absolute Gasteiger partial charge is 0.325 e. The molecule has 1 fully saturated rings. The van der Waals surface area contributed by atoms with Crippen LogP contribution in [0, 0.1) is 6.92 Å². The van der Waals surface area contributed by atoms with Crippen LogP contribution in [0.5, 0.6) is 0 Å². The number of furan rings is 1. The number of aryl methyl sites for hydroxylation is 1. The summed E-state index contributed by atoms with van der Waals surface area (Å²) < 4.78 is 10.7. The van der Waals surface area contributed by atoms with Crippen molar-refractivity contribution < 1.29 is 18.5 Å². The largest absolute Gasteiger partial charge is 0.458 e. The lowest BCUT2D eigenvalue weighted by Gasteiger charge is -2.18. The highest BCUT2D eigenvalue weighted by Gasteiger charge is 2.51. The number of hydrogen-bond donors (Lipinski definition) is 1. The first-order valence-electron chi connectivity index (χ1n) is 7.40. The third-order valence-corrected chi connectivity index (χ3v) is 4.06. The van der Waals surface area contributed by atoms with Gasteiger partial charge in [-0.1, -0.05) is 23.4 Å². The summed E-state index contributed by atoms with van der Waals surface area (Å²) in [7, 11) is 0. The molecule has 122 valence electrons. The lowest BCUT2D eigenvalue weighted by atomic mass is 9.99. The van der Waals surface area contributed by atoms with Gasteiger partial charge in [0.2, 0.25) is 5.89 Å². The fraction of sp³-hybridized carbons (Fsp3) is 0.250. The van der Waals surface area contributed by atoms with Gasteiger partial charge in [-0.25, -0.2) is 4.79 Å². The quantitative estimate of drug-likeness (QED) is 0.740. The van der Waals surface area contributed by atoms with Crippen LogP contribution in [-0.2, 0) is 16.9 Å². The Hall–Kier alpha value is -3.16. The van der Waals surface area contributed by atoms with Gasteiger partial charge in [-0.15, -0.1) is 0 Å². The number of carbonyl (C=O) groups excluding carboxylic acids is 2. The van der Waals surface area contributed by atoms with E-state index in [9.17, 15) is 9.59 Å². The number of hydrogen-bond acceptors (Lipinski definition) is 6. The van der Waals surface area contributed by atoms with E-state index in [1.54, 1.807) is 19.9 Å². The van der Waals surface area contributed by atoms with Gasteiger partial charge in [0.1, 0.15) is 17.9 Å². The highest BCUT2D eigenvalue weighted by atomic mass is 16.5. The predicted molar refractivity (Wildman–Crippen MR) is 81.7 cm³/mol. The zero-order valence-corrected chi connectivity index (χ0v) is 13.1. The van der Waals surface area contributed by atoms with Crippen molar-refractivity contribution in [1.29, 1.82) is 0 Å². The van der Waals surface area contributed by atoms with Crippen molar-refractivity contribution in [3.8, 4) is 0 Å². The van der Waals surface area contributed by atoms with E-state index in [0.29, 0.717) is 17.2 Å². The third-order valence-electron chi connectivity index (χ3n) is 4.06. The number of urea groups is 1. The highest BCUT2D eigenvalue weighted by Crippen LogP contribution is 2.33. The second-order valence-corrected chi connectivity index (χ2v) is 5.83. The van der Waals surface area contributed by atoms with Gasteiger partial charge in [-0.05, 0) is 26.0 Å². The molecule has 0 bridgehead atoms. The highest BCUT2D eigenvalue weighted by molar-refractivity contribution is 6.07. The zero-order valence-electron chi connectivity index (χ0n) is 13.1. The monoisotopic (exact) mass is 326 g/mol. The van der Waals surface area contributed by atoms with Crippen LogP contribution in [0.3, 0.4) is 0 Å². The molecule has 3 amide bonds. The van der Waals surface area contributed by atoms with Gasteiger partial charge >= 0.3 is 6.03 Å². The zero-order chi connectivity index (χ0) is 16.9. The van der Waals surface area contributed by atoms with Crippen molar-refractivity contribution >= 4 is 22.9 Å². The first kappa shape index (κ1) is 14.4. The third kappa shape index (κ3) is 2.07. The minimum Gasteiger partial charge on any atom is -0.458 e. The molecule has 1 unspecified atom stereocenters. The lowest BCUT2D eigenvalue weighted by molar-refractivity contribution is -0.132. The molecule has 8 nitrogen and oxygen atoms in total. The summed E-state index contributed by atoms with van der Waals surface area (Å²) in [6.45, 7) is 3.20. The van der Waals surface area contributed by atoms with Crippen LogP contribution >= 0.6 is 0 Å². The van der Waals surface area contributed by atoms with Crippen LogP contribution in [-0.4, -0.2) is 27.0 Å². The number of carbonyl (C=O) groups is 2. The Morgan fingerprint density at radius 3 is 2.79 bits per heavy atom. The number of nitrogens with zero attached hydrogens (tertiary/aromatic N) is 3. The molecule has 3 aromatic rings. The fourth-order valence-electron chi connectivity index (χ4n) is 2.78. The van der Waals surface area contributed by atoms with Crippen molar-refractivity contribution in [3.05, 3.63) is 47.8 Å². The first-order valence-corrected chi connectivity index (χ1v) is 7.40. The van der Waals surface area contributed by atoms with Crippen molar-refractivity contribution in [2.45, 2.75) is 25.9 Å². The predicted octanol–water partition coefficient (Wildman–Crippen LogP) is 2.09. The maximum atomic E-state index is 12.8. The van der Waals surface area contributed by atoms with Gasteiger partial charge in [0.25, 0.3) is 5.91 Å². The summed E-state index contributed by atoms with van der Waals surface area (Å²) in [5.41, 5.74) is -0.618. The molecule has 0 spiro atoms. The molecule has 0 aliphatic carbocycles. The van der Waals surface area contributed by atoms with Crippen LogP contribution in [0.15, 0.2) is 39.3 Å². The van der Waals surface area contributed by atoms with E-state index in [1.807, 2.05) is 24.3 Å². The van der Waals surface area contributed by atoms with Crippen LogP contribution in [0.4, 0.5) is 4.79 Å².